The third-order valence-corrected chi connectivity index (χ3v) is 18.5. The van der Waals surface area contributed by atoms with E-state index in [-0.39, 0.29) is 5.41 Å². The molecule has 0 unspecified atom stereocenters. The Bertz CT molecular complexity index is 5320. The molecule has 0 bridgehead atoms. The van der Waals surface area contributed by atoms with Gasteiger partial charge in [0, 0.05) is 90.6 Å². The van der Waals surface area contributed by atoms with E-state index in [1.54, 1.807) is 6.33 Å². The SMILES string of the molecule is CC1(C)c2cc(-c3nc(-c4ccccc4)nc(-c4ccccc4)n3)ccc2-c2ccc(-c3ncnc4c3Cc3ccccc3-4)cc21.c1ccc(-c2ccc3c(c2)-c2nc(-c4ccccc4)nc(-c4cccc(-c5nc(-c6ccccc6)nc(-c6ccccc6)n5)c4)c2C3)cc1. The maximum atomic E-state index is 5.25. The van der Waals surface area contributed by atoms with Crippen molar-refractivity contribution in [2.24, 2.45) is 0 Å². The van der Waals surface area contributed by atoms with E-state index >= 15 is 0 Å². The Balaban J connectivity index is 0.000000144. The van der Waals surface area contributed by atoms with Crippen molar-refractivity contribution < 1.29 is 0 Å². The summed E-state index contributed by atoms with van der Waals surface area (Å²) >= 11 is 0. The van der Waals surface area contributed by atoms with Crippen LogP contribution in [0.5, 0.6) is 0 Å². The molecular weight excluding hydrogens is 1160 g/mol. The zero-order chi connectivity index (χ0) is 63.4. The van der Waals surface area contributed by atoms with Gasteiger partial charge in [-0.05, 0) is 68.8 Å². The van der Waals surface area contributed by atoms with Crippen LogP contribution in [0.2, 0.25) is 0 Å². The highest BCUT2D eigenvalue weighted by Gasteiger charge is 2.37. The highest BCUT2D eigenvalue weighted by atomic mass is 15.0. The molecule has 448 valence electrons. The number of fused-ring (bicyclic) bond motifs is 9. The first-order valence-electron chi connectivity index (χ1n) is 32.0. The number of rotatable bonds is 10. The average molecular weight is 1220 g/mol. The van der Waals surface area contributed by atoms with Crippen LogP contribution in [0.3, 0.4) is 0 Å². The van der Waals surface area contributed by atoms with Crippen LogP contribution in [-0.2, 0) is 18.3 Å². The largest absolute Gasteiger partial charge is 0.236 e. The highest BCUT2D eigenvalue weighted by Crippen LogP contribution is 2.52. The summed E-state index contributed by atoms with van der Waals surface area (Å²) in [6.07, 6.45) is 3.32. The average Bonchev–Trinajstić information content (AvgIpc) is 1.59. The Hall–Kier alpha value is -12.4. The Morgan fingerprint density at radius 2 is 0.589 bits per heavy atom. The zero-order valence-electron chi connectivity index (χ0n) is 52.1. The van der Waals surface area contributed by atoms with Gasteiger partial charge in [0.1, 0.15) is 6.33 Å². The van der Waals surface area contributed by atoms with E-state index < -0.39 is 0 Å². The van der Waals surface area contributed by atoms with Crippen molar-refractivity contribution in [3.05, 3.63) is 325 Å². The lowest BCUT2D eigenvalue weighted by Crippen LogP contribution is -2.15. The Kier molecular flexibility index (Phi) is 14.1. The van der Waals surface area contributed by atoms with E-state index in [4.69, 9.17) is 44.9 Å². The summed E-state index contributed by atoms with van der Waals surface area (Å²) in [4.78, 5) is 49.7. The lowest BCUT2D eigenvalue weighted by atomic mass is 9.81. The van der Waals surface area contributed by atoms with Gasteiger partial charge in [-0.1, -0.05) is 275 Å². The van der Waals surface area contributed by atoms with Gasteiger partial charge in [-0.3, -0.25) is 0 Å². The van der Waals surface area contributed by atoms with Gasteiger partial charge in [0.15, 0.2) is 40.8 Å². The predicted octanol–water partition coefficient (Wildman–Crippen LogP) is 19.4. The fraction of sp³-hybridized carbons (Fsp3) is 0.0588. The summed E-state index contributed by atoms with van der Waals surface area (Å²) in [5.41, 5.74) is 27.2. The summed E-state index contributed by atoms with van der Waals surface area (Å²) < 4.78 is 0. The molecule has 0 amide bonds. The van der Waals surface area contributed by atoms with Crippen LogP contribution in [-0.4, -0.2) is 49.8 Å². The van der Waals surface area contributed by atoms with Gasteiger partial charge < -0.3 is 0 Å². The van der Waals surface area contributed by atoms with Gasteiger partial charge in [-0.2, -0.15) is 0 Å². The van der Waals surface area contributed by atoms with Gasteiger partial charge >= 0.3 is 0 Å². The van der Waals surface area contributed by atoms with Gasteiger partial charge in [0.2, 0.25) is 0 Å². The summed E-state index contributed by atoms with van der Waals surface area (Å²) in [7, 11) is 0. The van der Waals surface area contributed by atoms with Crippen molar-refractivity contribution in [1.82, 2.24) is 49.8 Å². The van der Waals surface area contributed by atoms with E-state index in [9.17, 15) is 0 Å². The van der Waals surface area contributed by atoms with Crippen LogP contribution in [0, 0.1) is 0 Å². The topological polar surface area (TPSA) is 129 Å². The molecule has 0 radical (unpaired) electrons. The van der Waals surface area contributed by atoms with Crippen LogP contribution in [0.15, 0.2) is 291 Å². The molecule has 0 aliphatic heterocycles. The molecule has 10 nitrogen and oxygen atoms in total. The number of nitrogens with zero attached hydrogens (tertiary/aromatic N) is 10. The minimum Gasteiger partial charge on any atom is -0.236 e. The van der Waals surface area contributed by atoms with Crippen LogP contribution < -0.4 is 0 Å². The molecule has 0 saturated heterocycles. The molecular formula is C85H58N10. The molecule has 11 aromatic carbocycles. The number of hydrogen-bond acceptors (Lipinski definition) is 10. The van der Waals surface area contributed by atoms with Gasteiger partial charge in [-0.15, -0.1) is 0 Å². The standard InChI is InChI=1S/C44H29N5.C41H29N5/c1-5-14-29(15-6-1)33-24-25-34-28-38-39(45-41(30-16-7-2-8-17-30)46-40(38)37(34)27-33)35-22-13-23-36(26-35)44-48-42(31-18-9-3-10-19-31)47-43(49-44)32-20-11-4-12-21-32;1-41(2)34-22-28(36-33-21-27-15-9-10-16-30(27)37(33)43-24-42-36)17-19-31(34)32-20-18-29(23-35(32)41)40-45-38(25-11-5-3-6-12-25)44-39(46-40)26-13-7-4-8-14-26/h1-27H,28H2;3-20,22-24H,21H2,1-2H3. The maximum absolute atomic E-state index is 5.25. The second-order valence-corrected chi connectivity index (χ2v) is 24.7. The van der Waals surface area contributed by atoms with E-state index in [0.29, 0.717) is 40.8 Å². The molecule has 18 rings (SSSR count). The minimum atomic E-state index is -0.229. The first kappa shape index (κ1) is 56.6. The summed E-state index contributed by atoms with van der Waals surface area (Å²) in [6.45, 7) is 4.62. The fourth-order valence-corrected chi connectivity index (χ4v) is 13.6. The first-order chi connectivity index (χ1) is 46.8. The monoisotopic (exact) mass is 1220 g/mol. The van der Waals surface area contributed by atoms with Crippen LogP contribution in [0.25, 0.3) is 147 Å². The van der Waals surface area contributed by atoms with Crippen molar-refractivity contribution in [2.45, 2.75) is 32.1 Å². The third kappa shape index (κ3) is 10.5. The molecule has 0 spiro atoms. The maximum Gasteiger partial charge on any atom is 0.164 e. The zero-order valence-corrected chi connectivity index (χ0v) is 52.1. The smallest absolute Gasteiger partial charge is 0.164 e. The van der Waals surface area contributed by atoms with Crippen molar-refractivity contribution in [1.29, 1.82) is 0 Å². The van der Waals surface area contributed by atoms with Crippen LogP contribution >= 0.6 is 0 Å². The second-order valence-electron chi connectivity index (χ2n) is 24.7. The molecule has 95 heavy (non-hydrogen) atoms. The van der Waals surface area contributed by atoms with Gasteiger partial charge in [0.25, 0.3) is 0 Å². The molecule has 10 heteroatoms. The molecule has 4 aromatic heterocycles. The molecule has 0 saturated carbocycles. The van der Waals surface area contributed by atoms with E-state index in [1.165, 1.54) is 55.6 Å². The molecule has 4 heterocycles. The van der Waals surface area contributed by atoms with Crippen LogP contribution in [0.4, 0.5) is 0 Å². The van der Waals surface area contributed by atoms with E-state index in [1.807, 2.05) is 146 Å². The lowest BCUT2D eigenvalue weighted by molar-refractivity contribution is 0.660. The first-order valence-corrected chi connectivity index (χ1v) is 32.0. The molecule has 0 atom stereocenters. The van der Waals surface area contributed by atoms with Crippen molar-refractivity contribution >= 4 is 0 Å². The van der Waals surface area contributed by atoms with Crippen molar-refractivity contribution in [3.63, 3.8) is 0 Å². The fourth-order valence-electron chi connectivity index (χ4n) is 13.6. The van der Waals surface area contributed by atoms with Crippen molar-refractivity contribution in [2.75, 3.05) is 0 Å². The summed E-state index contributed by atoms with van der Waals surface area (Å²) in [6, 6.07) is 98.2. The molecule has 0 N–H and O–H groups in total. The Labute approximate surface area is 550 Å². The van der Waals surface area contributed by atoms with E-state index in [0.717, 1.165) is 96.8 Å². The van der Waals surface area contributed by atoms with Gasteiger partial charge in [-0.25, -0.2) is 49.8 Å². The molecule has 15 aromatic rings. The Morgan fingerprint density at radius 1 is 0.232 bits per heavy atom. The van der Waals surface area contributed by atoms with E-state index in [2.05, 4.69) is 158 Å². The number of aromatic nitrogens is 10. The van der Waals surface area contributed by atoms with Crippen LogP contribution in [0.1, 0.15) is 47.2 Å². The lowest BCUT2D eigenvalue weighted by Gasteiger charge is -2.22. The Morgan fingerprint density at radius 3 is 1.12 bits per heavy atom. The molecule has 0 fully saturated rings. The summed E-state index contributed by atoms with van der Waals surface area (Å²) in [5.74, 6) is 4.57. The summed E-state index contributed by atoms with van der Waals surface area (Å²) in [5, 5.41) is 0. The third-order valence-electron chi connectivity index (χ3n) is 18.5. The number of benzene rings is 11. The van der Waals surface area contributed by atoms with Gasteiger partial charge in [0.05, 0.1) is 22.8 Å². The highest BCUT2D eigenvalue weighted by molar-refractivity contribution is 5.89. The minimum absolute atomic E-state index is 0.229. The molecule has 3 aliphatic rings. The predicted molar refractivity (Wildman–Crippen MR) is 379 cm³/mol. The molecule has 3 aliphatic carbocycles. The number of hydrogen-bond donors (Lipinski definition) is 0. The van der Waals surface area contributed by atoms with Crippen molar-refractivity contribution in [3.8, 4) is 147 Å². The normalized spacial score (nSPS) is 12.5. The second kappa shape index (κ2) is 23.7. The quantitative estimate of drug-likeness (QED) is 0.130.